The summed E-state index contributed by atoms with van der Waals surface area (Å²) in [4.78, 5) is 23.8. The smallest absolute Gasteiger partial charge is 0.220 e. The van der Waals surface area contributed by atoms with Crippen LogP contribution in [-0.2, 0) is 9.59 Å². The van der Waals surface area contributed by atoms with E-state index in [0.717, 1.165) is 37.6 Å². The first-order chi connectivity index (χ1) is 10.9. The van der Waals surface area contributed by atoms with E-state index in [1.807, 2.05) is 0 Å². The van der Waals surface area contributed by atoms with E-state index in [2.05, 4.69) is 24.5 Å². The number of fused-ring (bicyclic) bond motifs is 5. The molecule has 4 rings (SSSR count). The molecule has 0 unspecified atom stereocenters. The largest absolute Gasteiger partial charge is 0.356 e. The molecule has 2 saturated heterocycles. The predicted octanol–water partition coefficient (Wildman–Crippen LogP) is 2.62. The Bertz CT molecular complexity index is 533. The van der Waals surface area contributed by atoms with Gasteiger partial charge in [-0.3, -0.25) is 9.59 Å². The molecule has 2 heterocycles. The van der Waals surface area contributed by atoms with Crippen molar-refractivity contribution in [1.29, 1.82) is 0 Å². The second-order valence-corrected chi connectivity index (χ2v) is 9.00. The van der Waals surface area contributed by atoms with Crippen LogP contribution in [0.1, 0.15) is 65.2 Å². The van der Waals surface area contributed by atoms with E-state index in [0.29, 0.717) is 30.1 Å². The summed E-state index contributed by atoms with van der Waals surface area (Å²) in [7, 11) is 0. The zero-order chi connectivity index (χ0) is 16.2. The van der Waals surface area contributed by atoms with Gasteiger partial charge in [0, 0.05) is 24.9 Å². The molecule has 2 aliphatic carbocycles. The number of amides is 2. The lowest BCUT2D eigenvalue weighted by atomic mass is 9.47. The molecule has 0 aromatic rings. The molecule has 0 aromatic heterocycles. The van der Waals surface area contributed by atoms with Gasteiger partial charge < -0.3 is 10.6 Å². The molecular formula is C19H30N2O2. The van der Waals surface area contributed by atoms with Crippen LogP contribution in [0.25, 0.3) is 0 Å². The highest BCUT2D eigenvalue weighted by Gasteiger charge is 2.57. The lowest BCUT2D eigenvalue weighted by Crippen LogP contribution is -2.63. The van der Waals surface area contributed by atoms with E-state index >= 15 is 0 Å². The van der Waals surface area contributed by atoms with Crippen molar-refractivity contribution in [2.75, 3.05) is 6.54 Å². The first kappa shape index (κ1) is 15.5. The third kappa shape index (κ3) is 2.32. The Labute approximate surface area is 139 Å². The Morgan fingerprint density at radius 1 is 0.913 bits per heavy atom. The Balaban J connectivity index is 1.63. The van der Waals surface area contributed by atoms with Crippen LogP contribution in [0.3, 0.4) is 0 Å². The quantitative estimate of drug-likeness (QED) is 0.721. The molecule has 4 fully saturated rings. The predicted molar refractivity (Wildman–Crippen MR) is 88.6 cm³/mol. The van der Waals surface area contributed by atoms with Crippen molar-refractivity contribution in [1.82, 2.24) is 10.6 Å². The van der Waals surface area contributed by atoms with Gasteiger partial charge in [-0.1, -0.05) is 6.92 Å². The zero-order valence-electron chi connectivity index (χ0n) is 14.5. The van der Waals surface area contributed by atoms with Crippen LogP contribution in [0.5, 0.6) is 0 Å². The average Bonchev–Trinajstić information content (AvgIpc) is 2.65. The van der Waals surface area contributed by atoms with Crippen LogP contribution in [-0.4, -0.2) is 23.9 Å². The summed E-state index contributed by atoms with van der Waals surface area (Å²) in [6, 6.07) is 0. The Hall–Kier alpha value is -1.06. The molecular weight excluding hydrogens is 288 g/mol. The lowest BCUT2D eigenvalue weighted by Gasteiger charge is -2.60. The van der Waals surface area contributed by atoms with Gasteiger partial charge in [-0.05, 0) is 74.5 Å². The standard InChI is InChI=1S/C19H30N2O2/c1-18-9-8-16(22)20-11-12(18)3-4-13-14(18)7-10-19(2)15(13)5-6-17(23)21-19/h12-15H,3-11H2,1-2H3,(H,20,22)(H,21,23)/t12-,13+,14-,15-,18-,19-/m0/s1. The summed E-state index contributed by atoms with van der Waals surface area (Å²) in [5.74, 6) is 3.20. The maximum atomic E-state index is 11.9. The van der Waals surface area contributed by atoms with Crippen molar-refractivity contribution in [3.8, 4) is 0 Å². The van der Waals surface area contributed by atoms with Crippen molar-refractivity contribution in [3.63, 3.8) is 0 Å². The topological polar surface area (TPSA) is 58.2 Å². The van der Waals surface area contributed by atoms with Crippen LogP contribution in [0.4, 0.5) is 0 Å². The van der Waals surface area contributed by atoms with Crippen LogP contribution in [0, 0.1) is 29.1 Å². The highest BCUT2D eigenvalue weighted by molar-refractivity contribution is 5.78. The monoisotopic (exact) mass is 318 g/mol. The molecule has 4 heteroatoms. The molecule has 2 aliphatic heterocycles. The van der Waals surface area contributed by atoms with Crippen molar-refractivity contribution < 1.29 is 9.59 Å². The highest BCUT2D eigenvalue weighted by Crippen LogP contribution is 2.60. The van der Waals surface area contributed by atoms with E-state index in [9.17, 15) is 9.59 Å². The van der Waals surface area contributed by atoms with Crippen LogP contribution < -0.4 is 10.6 Å². The first-order valence-corrected chi connectivity index (χ1v) is 9.50. The van der Waals surface area contributed by atoms with E-state index in [1.165, 1.54) is 19.3 Å². The third-order valence-electron chi connectivity index (χ3n) is 8.00. The molecule has 4 aliphatic rings. The van der Waals surface area contributed by atoms with E-state index < -0.39 is 0 Å². The van der Waals surface area contributed by atoms with Gasteiger partial charge in [0.05, 0.1) is 0 Å². The van der Waals surface area contributed by atoms with Gasteiger partial charge in [0.1, 0.15) is 0 Å². The molecule has 128 valence electrons. The normalized spacial score (nSPS) is 49.8. The summed E-state index contributed by atoms with van der Waals surface area (Å²) < 4.78 is 0. The van der Waals surface area contributed by atoms with Gasteiger partial charge in [-0.25, -0.2) is 0 Å². The lowest BCUT2D eigenvalue weighted by molar-refractivity contribution is -0.136. The van der Waals surface area contributed by atoms with E-state index in [-0.39, 0.29) is 17.4 Å². The molecule has 2 amide bonds. The molecule has 0 aromatic carbocycles. The first-order valence-electron chi connectivity index (χ1n) is 9.50. The Kier molecular flexibility index (Phi) is 3.51. The van der Waals surface area contributed by atoms with Crippen molar-refractivity contribution >= 4 is 11.8 Å². The molecule has 4 nitrogen and oxygen atoms in total. The van der Waals surface area contributed by atoms with Crippen molar-refractivity contribution in [2.45, 2.75) is 70.8 Å². The van der Waals surface area contributed by atoms with Crippen molar-refractivity contribution in [2.24, 2.45) is 29.1 Å². The minimum Gasteiger partial charge on any atom is -0.356 e. The maximum Gasteiger partial charge on any atom is 0.220 e. The second-order valence-electron chi connectivity index (χ2n) is 9.00. The highest BCUT2D eigenvalue weighted by atomic mass is 16.2. The van der Waals surface area contributed by atoms with Gasteiger partial charge >= 0.3 is 0 Å². The number of hydrogen-bond acceptors (Lipinski definition) is 2. The molecule has 2 N–H and O–H groups in total. The van der Waals surface area contributed by atoms with E-state index in [1.54, 1.807) is 0 Å². The number of rotatable bonds is 0. The average molecular weight is 318 g/mol. The zero-order valence-corrected chi connectivity index (χ0v) is 14.5. The third-order valence-corrected chi connectivity index (χ3v) is 8.00. The van der Waals surface area contributed by atoms with Gasteiger partial charge in [0.2, 0.25) is 11.8 Å². The number of hydrogen-bond donors (Lipinski definition) is 2. The second kappa shape index (κ2) is 5.22. The number of nitrogens with one attached hydrogen (secondary N) is 2. The minimum absolute atomic E-state index is 0.0124. The molecule has 0 spiro atoms. The Morgan fingerprint density at radius 3 is 2.57 bits per heavy atom. The molecule has 0 radical (unpaired) electrons. The summed E-state index contributed by atoms with van der Waals surface area (Å²) in [5, 5.41) is 6.46. The van der Waals surface area contributed by atoms with Crippen LogP contribution in [0.2, 0.25) is 0 Å². The summed E-state index contributed by atoms with van der Waals surface area (Å²) in [6.45, 7) is 5.60. The molecule has 23 heavy (non-hydrogen) atoms. The summed E-state index contributed by atoms with van der Waals surface area (Å²) >= 11 is 0. The number of carbonyl (C=O) groups excluding carboxylic acids is 2. The Morgan fingerprint density at radius 2 is 1.74 bits per heavy atom. The van der Waals surface area contributed by atoms with Gasteiger partial charge in [-0.2, -0.15) is 0 Å². The van der Waals surface area contributed by atoms with Gasteiger partial charge in [0.25, 0.3) is 0 Å². The van der Waals surface area contributed by atoms with Gasteiger partial charge in [0.15, 0.2) is 0 Å². The fourth-order valence-corrected chi connectivity index (χ4v) is 6.64. The van der Waals surface area contributed by atoms with Crippen LogP contribution >= 0.6 is 0 Å². The molecule has 6 atom stereocenters. The number of piperidine rings is 1. The van der Waals surface area contributed by atoms with Crippen LogP contribution in [0.15, 0.2) is 0 Å². The van der Waals surface area contributed by atoms with Gasteiger partial charge in [-0.15, -0.1) is 0 Å². The SMILES string of the molecule is C[C@]12CCC(=O)NC[C@@H]1CC[C@@H]1[C@@H]2CC[C@]2(C)NC(=O)CC[C@@H]12. The fraction of sp³-hybridized carbons (Fsp3) is 0.895. The number of carbonyl (C=O) groups is 2. The molecule has 0 bridgehead atoms. The summed E-state index contributed by atoms with van der Waals surface area (Å²) in [5.41, 5.74) is 0.309. The minimum atomic E-state index is 0.0124. The van der Waals surface area contributed by atoms with Crippen molar-refractivity contribution in [3.05, 3.63) is 0 Å². The molecule has 2 saturated carbocycles. The summed E-state index contributed by atoms with van der Waals surface area (Å²) in [6.07, 6.45) is 8.31. The van der Waals surface area contributed by atoms with E-state index in [4.69, 9.17) is 0 Å². The fourth-order valence-electron chi connectivity index (χ4n) is 6.64. The maximum absolute atomic E-state index is 11.9.